The van der Waals surface area contributed by atoms with Crippen molar-refractivity contribution in [3.63, 3.8) is 0 Å². The van der Waals surface area contributed by atoms with E-state index in [1.54, 1.807) is 43.3 Å². The maximum atomic E-state index is 12.5. The highest BCUT2D eigenvalue weighted by molar-refractivity contribution is 5.99. The lowest BCUT2D eigenvalue weighted by atomic mass is 10.1. The first-order chi connectivity index (χ1) is 14.9. The molecule has 0 aliphatic heterocycles. The van der Waals surface area contributed by atoms with Crippen molar-refractivity contribution in [1.82, 2.24) is 0 Å². The third-order valence-electron chi connectivity index (χ3n) is 4.61. The number of anilines is 2. The molecule has 0 aromatic heterocycles. The van der Waals surface area contributed by atoms with Gasteiger partial charge in [-0.3, -0.25) is 9.59 Å². The van der Waals surface area contributed by atoms with Crippen molar-refractivity contribution < 1.29 is 14.3 Å². The Labute approximate surface area is 181 Å². The summed E-state index contributed by atoms with van der Waals surface area (Å²) in [6.45, 7) is 3.58. The second kappa shape index (κ2) is 10.1. The van der Waals surface area contributed by atoms with E-state index in [0.29, 0.717) is 29.2 Å². The fourth-order valence-corrected chi connectivity index (χ4v) is 2.95. The molecule has 6 heteroatoms. The van der Waals surface area contributed by atoms with Crippen LogP contribution in [0, 0.1) is 11.3 Å². The highest BCUT2D eigenvalue weighted by Crippen LogP contribution is 2.20. The van der Waals surface area contributed by atoms with Gasteiger partial charge in [-0.1, -0.05) is 30.3 Å². The zero-order valence-corrected chi connectivity index (χ0v) is 17.4. The Kier molecular flexibility index (Phi) is 7.02. The van der Waals surface area contributed by atoms with Crippen molar-refractivity contribution in [1.29, 1.82) is 5.26 Å². The lowest BCUT2D eigenvalue weighted by Crippen LogP contribution is -2.31. The van der Waals surface area contributed by atoms with Gasteiger partial charge in [0.05, 0.1) is 11.6 Å². The van der Waals surface area contributed by atoms with E-state index in [0.717, 1.165) is 11.3 Å². The maximum Gasteiger partial charge on any atom is 0.246 e. The minimum atomic E-state index is -0.511. The second-order valence-corrected chi connectivity index (χ2v) is 7.12. The average Bonchev–Trinajstić information content (AvgIpc) is 2.78. The number of rotatable bonds is 8. The van der Waals surface area contributed by atoms with Crippen molar-refractivity contribution >= 4 is 23.1 Å². The standard InChI is InChI=1S/C25H23N3O3/c1-17(25(30)28-22-9-4-8-21(13-22)18(2)29)27-23-10-5-11-24(14-23)31-16-20-7-3-6-19(12-20)15-26/h3-14,17,27H,16H2,1-2H3,(H,28,30). The predicted molar refractivity (Wildman–Crippen MR) is 120 cm³/mol. The summed E-state index contributed by atoms with van der Waals surface area (Å²) in [6.07, 6.45) is 0. The van der Waals surface area contributed by atoms with Gasteiger partial charge in [-0.05, 0) is 55.8 Å². The van der Waals surface area contributed by atoms with Crippen molar-refractivity contribution in [3.05, 3.63) is 89.5 Å². The molecule has 6 nitrogen and oxygen atoms in total. The Morgan fingerprint density at radius 3 is 2.52 bits per heavy atom. The van der Waals surface area contributed by atoms with Gasteiger partial charge in [0.2, 0.25) is 5.91 Å². The van der Waals surface area contributed by atoms with Gasteiger partial charge in [-0.15, -0.1) is 0 Å². The minimum absolute atomic E-state index is 0.0570. The molecule has 0 radical (unpaired) electrons. The summed E-state index contributed by atoms with van der Waals surface area (Å²) < 4.78 is 5.82. The van der Waals surface area contributed by atoms with E-state index in [1.807, 2.05) is 36.4 Å². The first kappa shape index (κ1) is 21.6. The summed E-state index contributed by atoms with van der Waals surface area (Å²) in [5, 5.41) is 15.0. The molecular formula is C25H23N3O3. The summed E-state index contributed by atoms with van der Waals surface area (Å²) in [6, 6.07) is 23.0. The van der Waals surface area contributed by atoms with Crippen LogP contribution in [0.15, 0.2) is 72.8 Å². The van der Waals surface area contributed by atoms with E-state index >= 15 is 0 Å². The quantitative estimate of drug-likeness (QED) is 0.519. The normalized spacial score (nSPS) is 11.1. The molecule has 0 spiro atoms. The smallest absolute Gasteiger partial charge is 0.246 e. The summed E-state index contributed by atoms with van der Waals surface area (Å²) in [7, 11) is 0. The molecule has 3 aromatic carbocycles. The first-order valence-electron chi connectivity index (χ1n) is 9.85. The first-order valence-corrected chi connectivity index (χ1v) is 9.85. The van der Waals surface area contributed by atoms with Crippen LogP contribution in [0.2, 0.25) is 0 Å². The molecule has 0 heterocycles. The Bertz CT molecular complexity index is 1130. The van der Waals surface area contributed by atoms with E-state index in [1.165, 1.54) is 6.92 Å². The van der Waals surface area contributed by atoms with Crippen LogP contribution in [0.25, 0.3) is 0 Å². The number of carbonyl (C=O) groups is 2. The molecule has 31 heavy (non-hydrogen) atoms. The number of nitrogens with zero attached hydrogens (tertiary/aromatic N) is 1. The van der Waals surface area contributed by atoms with Gasteiger partial charge in [0, 0.05) is 23.0 Å². The highest BCUT2D eigenvalue weighted by atomic mass is 16.5. The topological polar surface area (TPSA) is 91.2 Å². The Balaban J connectivity index is 1.59. The van der Waals surface area contributed by atoms with Crippen LogP contribution in [0.4, 0.5) is 11.4 Å². The fraction of sp³-hybridized carbons (Fsp3) is 0.160. The molecule has 1 unspecified atom stereocenters. The van der Waals surface area contributed by atoms with Crippen LogP contribution in [0.5, 0.6) is 5.75 Å². The summed E-state index contributed by atoms with van der Waals surface area (Å²) >= 11 is 0. The molecular weight excluding hydrogens is 390 g/mol. The van der Waals surface area contributed by atoms with Gasteiger partial charge in [0.1, 0.15) is 18.4 Å². The molecule has 0 aliphatic rings. The number of hydrogen-bond donors (Lipinski definition) is 2. The van der Waals surface area contributed by atoms with E-state index in [4.69, 9.17) is 10.00 Å². The molecule has 0 fully saturated rings. The van der Waals surface area contributed by atoms with Crippen LogP contribution < -0.4 is 15.4 Å². The van der Waals surface area contributed by atoms with Crippen LogP contribution in [-0.4, -0.2) is 17.7 Å². The Morgan fingerprint density at radius 1 is 1.00 bits per heavy atom. The van der Waals surface area contributed by atoms with E-state index < -0.39 is 6.04 Å². The van der Waals surface area contributed by atoms with Crippen molar-refractivity contribution in [2.24, 2.45) is 0 Å². The lowest BCUT2D eigenvalue weighted by Gasteiger charge is -2.16. The summed E-state index contributed by atoms with van der Waals surface area (Å²) in [4.78, 5) is 24.1. The average molecular weight is 413 g/mol. The minimum Gasteiger partial charge on any atom is -0.489 e. The third kappa shape index (κ3) is 6.18. The molecule has 0 saturated carbocycles. The van der Waals surface area contributed by atoms with Crippen LogP contribution >= 0.6 is 0 Å². The number of nitrogens with one attached hydrogen (secondary N) is 2. The molecule has 0 aliphatic carbocycles. The summed E-state index contributed by atoms with van der Waals surface area (Å²) in [5.74, 6) is 0.368. The Morgan fingerprint density at radius 2 is 1.74 bits per heavy atom. The SMILES string of the molecule is CC(=O)c1cccc(NC(=O)C(C)Nc2cccc(OCc3cccc(C#N)c3)c2)c1. The number of amides is 1. The lowest BCUT2D eigenvalue weighted by molar-refractivity contribution is -0.116. The third-order valence-corrected chi connectivity index (χ3v) is 4.61. The number of hydrogen-bond acceptors (Lipinski definition) is 5. The zero-order chi connectivity index (χ0) is 22.2. The molecule has 3 aromatic rings. The maximum absolute atomic E-state index is 12.5. The predicted octanol–water partition coefficient (Wildman–Crippen LogP) is 4.78. The monoisotopic (exact) mass is 413 g/mol. The van der Waals surface area contributed by atoms with Gasteiger partial charge in [-0.2, -0.15) is 5.26 Å². The van der Waals surface area contributed by atoms with E-state index in [2.05, 4.69) is 16.7 Å². The number of nitriles is 1. The summed E-state index contributed by atoms with van der Waals surface area (Å²) in [5.41, 5.74) is 3.35. The highest BCUT2D eigenvalue weighted by Gasteiger charge is 2.14. The molecule has 156 valence electrons. The molecule has 2 N–H and O–H groups in total. The zero-order valence-electron chi connectivity index (χ0n) is 17.4. The van der Waals surface area contributed by atoms with Crippen molar-refractivity contribution in [2.45, 2.75) is 26.5 Å². The fourth-order valence-electron chi connectivity index (χ4n) is 2.95. The number of carbonyl (C=O) groups excluding carboxylic acids is 2. The molecule has 1 atom stereocenters. The van der Waals surface area contributed by atoms with Crippen LogP contribution in [0.1, 0.15) is 35.3 Å². The number of ether oxygens (including phenoxy) is 1. The molecule has 1 amide bonds. The van der Waals surface area contributed by atoms with Crippen molar-refractivity contribution in [2.75, 3.05) is 10.6 Å². The largest absolute Gasteiger partial charge is 0.489 e. The van der Waals surface area contributed by atoms with Crippen molar-refractivity contribution in [3.8, 4) is 11.8 Å². The van der Waals surface area contributed by atoms with Gasteiger partial charge in [0.15, 0.2) is 5.78 Å². The molecule has 0 bridgehead atoms. The van der Waals surface area contributed by atoms with Crippen LogP contribution in [-0.2, 0) is 11.4 Å². The van der Waals surface area contributed by atoms with Gasteiger partial charge in [0.25, 0.3) is 0 Å². The molecule has 0 saturated heterocycles. The van der Waals surface area contributed by atoms with Crippen LogP contribution in [0.3, 0.4) is 0 Å². The second-order valence-electron chi connectivity index (χ2n) is 7.12. The van der Waals surface area contributed by atoms with E-state index in [-0.39, 0.29) is 11.7 Å². The number of benzene rings is 3. The molecule has 3 rings (SSSR count). The number of ketones is 1. The van der Waals surface area contributed by atoms with Gasteiger partial charge >= 0.3 is 0 Å². The van der Waals surface area contributed by atoms with Gasteiger partial charge in [-0.25, -0.2) is 0 Å². The van der Waals surface area contributed by atoms with E-state index in [9.17, 15) is 9.59 Å². The number of Topliss-reactive ketones (excluding diaryl/α,β-unsaturated/α-hetero) is 1. The van der Waals surface area contributed by atoms with Gasteiger partial charge < -0.3 is 15.4 Å². The Hall–Kier alpha value is -4.11.